The largest absolute Gasteiger partial charge is 0.494 e. The first-order chi connectivity index (χ1) is 13.1. The number of thiazole rings is 1. The molecule has 4 rings (SSSR count). The van der Waals surface area contributed by atoms with E-state index in [4.69, 9.17) is 0 Å². The maximum Gasteiger partial charge on any atom is 0.249 e. The van der Waals surface area contributed by atoms with Gasteiger partial charge in [-0.15, -0.1) is 11.3 Å². The normalized spacial score (nSPS) is 14.6. The number of aromatic hydroxyl groups is 2. The molecule has 27 heavy (non-hydrogen) atoms. The molecule has 3 aromatic rings. The van der Waals surface area contributed by atoms with Crippen molar-refractivity contribution in [1.82, 2.24) is 14.5 Å². The van der Waals surface area contributed by atoms with Crippen molar-refractivity contribution in [2.75, 3.05) is 5.32 Å². The Labute approximate surface area is 160 Å². The van der Waals surface area contributed by atoms with E-state index in [1.165, 1.54) is 15.9 Å². The molecule has 0 radical (unpaired) electrons. The SMILES string of the molecule is C[C@@H](C(=O)Nc1nc(-c2ccccn2)cs1)n1c(O)c2c(c1O)CCCC2. The van der Waals surface area contributed by atoms with Crippen LogP contribution in [-0.2, 0) is 17.6 Å². The van der Waals surface area contributed by atoms with E-state index in [2.05, 4.69) is 15.3 Å². The third kappa shape index (κ3) is 3.16. The third-order valence-electron chi connectivity index (χ3n) is 4.89. The second-order valence-corrected chi connectivity index (χ2v) is 7.46. The molecule has 3 aromatic heterocycles. The van der Waals surface area contributed by atoms with Gasteiger partial charge in [0.2, 0.25) is 5.91 Å². The van der Waals surface area contributed by atoms with Crippen LogP contribution in [0.5, 0.6) is 11.8 Å². The molecule has 0 saturated carbocycles. The number of anilines is 1. The highest BCUT2D eigenvalue weighted by Crippen LogP contribution is 2.41. The van der Waals surface area contributed by atoms with Crippen LogP contribution in [-0.4, -0.2) is 30.7 Å². The summed E-state index contributed by atoms with van der Waals surface area (Å²) in [6, 6.07) is 4.79. The predicted octanol–water partition coefficient (Wildman–Crippen LogP) is 3.50. The quantitative estimate of drug-likeness (QED) is 0.639. The molecular formula is C19H20N4O3S. The number of aromatic nitrogens is 3. The molecule has 0 bridgehead atoms. The zero-order valence-electron chi connectivity index (χ0n) is 14.8. The van der Waals surface area contributed by atoms with Crippen molar-refractivity contribution < 1.29 is 15.0 Å². The predicted molar refractivity (Wildman–Crippen MR) is 103 cm³/mol. The number of carbonyl (C=O) groups is 1. The molecule has 0 spiro atoms. The number of hydrogen-bond donors (Lipinski definition) is 3. The number of carbonyl (C=O) groups excluding carboxylic acids is 1. The zero-order chi connectivity index (χ0) is 19.0. The van der Waals surface area contributed by atoms with Gasteiger partial charge in [0.25, 0.3) is 0 Å². The number of pyridine rings is 1. The minimum absolute atomic E-state index is 0.0156. The number of rotatable bonds is 4. The Morgan fingerprint density at radius 3 is 2.52 bits per heavy atom. The molecule has 0 fully saturated rings. The Balaban J connectivity index is 1.54. The summed E-state index contributed by atoms with van der Waals surface area (Å²) in [6.07, 6.45) is 5.07. The maximum absolute atomic E-state index is 12.7. The highest BCUT2D eigenvalue weighted by molar-refractivity contribution is 7.14. The Morgan fingerprint density at radius 2 is 1.89 bits per heavy atom. The van der Waals surface area contributed by atoms with Crippen molar-refractivity contribution in [2.24, 2.45) is 0 Å². The van der Waals surface area contributed by atoms with E-state index < -0.39 is 6.04 Å². The van der Waals surface area contributed by atoms with Crippen molar-refractivity contribution in [3.63, 3.8) is 0 Å². The lowest BCUT2D eigenvalue weighted by Crippen LogP contribution is -2.23. The highest BCUT2D eigenvalue weighted by atomic mass is 32.1. The van der Waals surface area contributed by atoms with E-state index >= 15 is 0 Å². The van der Waals surface area contributed by atoms with Gasteiger partial charge in [0.15, 0.2) is 16.9 Å². The lowest BCUT2D eigenvalue weighted by Gasteiger charge is -2.15. The fraction of sp³-hybridized carbons (Fsp3) is 0.316. The lowest BCUT2D eigenvalue weighted by atomic mass is 9.95. The van der Waals surface area contributed by atoms with E-state index in [1.807, 2.05) is 23.6 Å². The van der Waals surface area contributed by atoms with Crippen LogP contribution in [0.25, 0.3) is 11.4 Å². The second kappa shape index (κ2) is 7.03. The highest BCUT2D eigenvalue weighted by Gasteiger charge is 2.29. The summed E-state index contributed by atoms with van der Waals surface area (Å²) < 4.78 is 1.30. The minimum atomic E-state index is -0.766. The Kier molecular flexibility index (Phi) is 4.57. The number of fused-ring (bicyclic) bond motifs is 1. The van der Waals surface area contributed by atoms with Crippen LogP contribution < -0.4 is 5.32 Å². The first-order valence-electron chi connectivity index (χ1n) is 8.88. The molecule has 7 nitrogen and oxygen atoms in total. The molecule has 0 aliphatic heterocycles. The molecule has 0 aromatic carbocycles. The average Bonchev–Trinajstić information content (AvgIpc) is 3.26. The van der Waals surface area contributed by atoms with E-state index in [-0.39, 0.29) is 17.7 Å². The maximum atomic E-state index is 12.7. The second-order valence-electron chi connectivity index (χ2n) is 6.60. The van der Waals surface area contributed by atoms with Gasteiger partial charge in [0.1, 0.15) is 11.7 Å². The smallest absolute Gasteiger partial charge is 0.249 e. The van der Waals surface area contributed by atoms with Crippen molar-refractivity contribution in [3.8, 4) is 23.1 Å². The molecule has 3 N–H and O–H groups in total. The Bertz CT molecular complexity index is 951. The van der Waals surface area contributed by atoms with Crippen LogP contribution in [0.2, 0.25) is 0 Å². The van der Waals surface area contributed by atoms with Crippen LogP contribution >= 0.6 is 11.3 Å². The minimum Gasteiger partial charge on any atom is -0.494 e. The van der Waals surface area contributed by atoms with Crippen molar-refractivity contribution in [2.45, 2.75) is 38.6 Å². The molecular weight excluding hydrogens is 364 g/mol. The molecule has 1 aliphatic rings. The molecule has 1 aliphatic carbocycles. The first-order valence-corrected chi connectivity index (χ1v) is 9.76. The summed E-state index contributed by atoms with van der Waals surface area (Å²) in [7, 11) is 0. The summed E-state index contributed by atoms with van der Waals surface area (Å²) in [5.41, 5.74) is 2.93. The van der Waals surface area contributed by atoms with Gasteiger partial charge in [-0.25, -0.2) is 4.98 Å². The summed E-state index contributed by atoms with van der Waals surface area (Å²) in [5.74, 6) is -0.383. The first kappa shape index (κ1) is 17.5. The van der Waals surface area contributed by atoms with E-state index in [1.54, 1.807) is 13.1 Å². The summed E-state index contributed by atoms with van der Waals surface area (Å²) in [6.45, 7) is 1.65. The summed E-state index contributed by atoms with van der Waals surface area (Å²) in [5, 5.41) is 26.0. The molecule has 1 amide bonds. The van der Waals surface area contributed by atoms with Crippen LogP contribution in [0.15, 0.2) is 29.8 Å². The molecule has 0 saturated heterocycles. The molecule has 1 atom stereocenters. The Morgan fingerprint density at radius 1 is 1.19 bits per heavy atom. The fourth-order valence-electron chi connectivity index (χ4n) is 3.45. The van der Waals surface area contributed by atoms with Gasteiger partial charge in [-0.05, 0) is 44.7 Å². The topological polar surface area (TPSA) is 100 Å². The summed E-state index contributed by atoms with van der Waals surface area (Å²) in [4.78, 5) is 21.3. The van der Waals surface area contributed by atoms with Gasteiger partial charge < -0.3 is 15.5 Å². The van der Waals surface area contributed by atoms with Gasteiger partial charge >= 0.3 is 0 Å². The van der Waals surface area contributed by atoms with Gasteiger partial charge in [-0.3, -0.25) is 14.3 Å². The molecule has 0 unspecified atom stereocenters. The van der Waals surface area contributed by atoms with Crippen LogP contribution in [0.3, 0.4) is 0 Å². The molecule has 140 valence electrons. The molecule has 3 heterocycles. The number of hydrogen-bond acceptors (Lipinski definition) is 6. The lowest BCUT2D eigenvalue weighted by molar-refractivity contribution is -0.119. The number of nitrogens with zero attached hydrogens (tertiary/aromatic N) is 3. The van der Waals surface area contributed by atoms with E-state index in [0.717, 1.165) is 42.5 Å². The van der Waals surface area contributed by atoms with Gasteiger partial charge in [0.05, 0.1) is 5.69 Å². The van der Waals surface area contributed by atoms with E-state index in [0.29, 0.717) is 10.8 Å². The van der Waals surface area contributed by atoms with Crippen LogP contribution in [0.4, 0.5) is 5.13 Å². The monoisotopic (exact) mass is 384 g/mol. The van der Waals surface area contributed by atoms with Gasteiger partial charge in [-0.2, -0.15) is 0 Å². The van der Waals surface area contributed by atoms with Gasteiger partial charge in [0, 0.05) is 22.7 Å². The Hall–Kier alpha value is -2.87. The average molecular weight is 384 g/mol. The van der Waals surface area contributed by atoms with Gasteiger partial charge in [-0.1, -0.05) is 6.07 Å². The zero-order valence-corrected chi connectivity index (χ0v) is 15.7. The van der Waals surface area contributed by atoms with Crippen molar-refractivity contribution in [3.05, 3.63) is 40.9 Å². The number of amides is 1. The molecule has 8 heteroatoms. The summed E-state index contributed by atoms with van der Waals surface area (Å²) >= 11 is 1.30. The van der Waals surface area contributed by atoms with E-state index in [9.17, 15) is 15.0 Å². The number of nitrogens with one attached hydrogen (secondary N) is 1. The standard InChI is InChI=1S/C19H20N4O3S/c1-11(23-17(25)12-6-2-3-7-13(12)18(23)26)16(24)22-19-21-15(10-27-19)14-8-4-5-9-20-14/h4-5,8-11,25-26H,2-3,6-7H2,1H3,(H,21,22,24)/t11-/m0/s1. The van der Waals surface area contributed by atoms with Crippen molar-refractivity contribution in [1.29, 1.82) is 0 Å². The third-order valence-corrected chi connectivity index (χ3v) is 5.65. The van der Waals surface area contributed by atoms with Crippen molar-refractivity contribution >= 4 is 22.4 Å². The van der Waals surface area contributed by atoms with Crippen LogP contribution in [0.1, 0.15) is 36.9 Å². The fourth-order valence-corrected chi connectivity index (χ4v) is 4.15. The van der Waals surface area contributed by atoms with Crippen LogP contribution in [0, 0.1) is 0 Å².